The van der Waals surface area contributed by atoms with Gasteiger partial charge in [0.25, 0.3) is 0 Å². The fraction of sp³-hybridized carbons (Fsp3) is 0.667. The van der Waals surface area contributed by atoms with Gasteiger partial charge < -0.3 is 9.80 Å². The Kier molecular flexibility index (Phi) is 6.13. The molecule has 1 aromatic rings. The second kappa shape index (κ2) is 8.33. The number of rotatable bonds is 4. The first kappa shape index (κ1) is 18.4. The molecule has 0 radical (unpaired) electrons. The van der Waals surface area contributed by atoms with Crippen molar-refractivity contribution in [1.82, 2.24) is 9.80 Å². The highest BCUT2D eigenvalue weighted by atomic mass is 16.2. The molecule has 2 heterocycles. The number of hydrogen-bond donors (Lipinski definition) is 0. The van der Waals surface area contributed by atoms with E-state index in [9.17, 15) is 4.79 Å². The summed E-state index contributed by atoms with van der Waals surface area (Å²) in [6.45, 7) is 8.30. The number of hydrogen-bond acceptors (Lipinski definition) is 3. The van der Waals surface area contributed by atoms with Crippen molar-refractivity contribution in [2.75, 3.05) is 38.1 Å². The predicted octanol–water partition coefficient (Wildman–Crippen LogP) is 3.23. The van der Waals surface area contributed by atoms with Gasteiger partial charge in [-0.15, -0.1) is 0 Å². The van der Waals surface area contributed by atoms with Crippen LogP contribution in [0.1, 0.15) is 39.5 Å². The quantitative estimate of drug-likeness (QED) is 0.840. The standard InChI is InChI=1S/C21H33N3O/c1-17-15-22(3)18(2)14-20(17)24(19-10-6-4-7-11-19)21(25)16-23-12-8-5-9-13-23/h4,6-7,10-11,17-18,20H,5,8-9,12-16H2,1-3H3. The zero-order valence-corrected chi connectivity index (χ0v) is 16.0. The van der Waals surface area contributed by atoms with Gasteiger partial charge in [-0.1, -0.05) is 31.5 Å². The molecule has 1 aromatic carbocycles. The third-order valence-corrected chi connectivity index (χ3v) is 6.01. The van der Waals surface area contributed by atoms with Gasteiger partial charge in [0.2, 0.25) is 5.91 Å². The zero-order chi connectivity index (χ0) is 17.8. The molecule has 0 bridgehead atoms. The van der Waals surface area contributed by atoms with Crippen LogP contribution < -0.4 is 4.90 Å². The number of piperidine rings is 2. The summed E-state index contributed by atoms with van der Waals surface area (Å²) in [4.78, 5) is 20.2. The third kappa shape index (κ3) is 4.42. The summed E-state index contributed by atoms with van der Waals surface area (Å²) in [6.07, 6.45) is 4.79. The molecule has 0 aromatic heterocycles. The largest absolute Gasteiger partial charge is 0.308 e. The normalized spacial score (nSPS) is 28.7. The number of benzene rings is 1. The van der Waals surface area contributed by atoms with Gasteiger partial charge in [0.1, 0.15) is 0 Å². The molecule has 3 atom stereocenters. The molecule has 4 heteroatoms. The van der Waals surface area contributed by atoms with E-state index < -0.39 is 0 Å². The summed E-state index contributed by atoms with van der Waals surface area (Å²) in [5, 5.41) is 0. The molecule has 3 unspecified atom stereocenters. The molecule has 2 aliphatic rings. The molecule has 0 aliphatic carbocycles. The van der Waals surface area contributed by atoms with Crippen LogP contribution in [0.2, 0.25) is 0 Å². The Morgan fingerprint density at radius 1 is 1.12 bits per heavy atom. The first-order chi connectivity index (χ1) is 12.1. The molecular formula is C21H33N3O. The maximum absolute atomic E-state index is 13.3. The van der Waals surface area contributed by atoms with Gasteiger partial charge >= 0.3 is 0 Å². The van der Waals surface area contributed by atoms with Crippen LogP contribution in [0.4, 0.5) is 5.69 Å². The van der Waals surface area contributed by atoms with Crippen molar-refractivity contribution in [2.24, 2.45) is 5.92 Å². The van der Waals surface area contributed by atoms with E-state index in [0.717, 1.165) is 31.7 Å². The van der Waals surface area contributed by atoms with E-state index in [0.29, 0.717) is 18.5 Å². The average Bonchev–Trinajstić information content (AvgIpc) is 2.61. The molecule has 0 N–H and O–H groups in total. The molecule has 25 heavy (non-hydrogen) atoms. The van der Waals surface area contributed by atoms with Gasteiger partial charge in [0.15, 0.2) is 0 Å². The number of carbonyl (C=O) groups excluding carboxylic acids is 1. The van der Waals surface area contributed by atoms with Crippen LogP contribution >= 0.6 is 0 Å². The SMILES string of the molecule is CC1CN(C)C(C)CC1N(C(=O)CN1CCCCC1)c1ccccc1. The van der Waals surface area contributed by atoms with Crippen LogP contribution in [0.3, 0.4) is 0 Å². The summed E-state index contributed by atoms with van der Waals surface area (Å²) < 4.78 is 0. The Labute approximate surface area is 152 Å². The molecule has 0 spiro atoms. The average molecular weight is 344 g/mol. The van der Waals surface area contributed by atoms with Crippen molar-refractivity contribution in [3.63, 3.8) is 0 Å². The lowest BCUT2D eigenvalue weighted by Gasteiger charge is -2.45. The maximum Gasteiger partial charge on any atom is 0.241 e. The molecule has 2 fully saturated rings. The van der Waals surface area contributed by atoms with Crippen LogP contribution in [-0.4, -0.2) is 61.0 Å². The van der Waals surface area contributed by atoms with E-state index in [1.54, 1.807) is 0 Å². The lowest BCUT2D eigenvalue weighted by atomic mass is 9.88. The molecule has 1 amide bonds. The fourth-order valence-corrected chi connectivity index (χ4v) is 4.37. The highest BCUT2D eigenvalue weighted by Gasteiger charge is 2.36. The number of para-hydroxylation sites is 1. The second-order valence-electron chi connectivity index (χ2n) is 8.01. The lowest BCUT2D eigenvalue weighted by Crippen LogP contribution is -2.56. The second-order valence-corrected chi connectivity index (χ2v) is 8.01. The maximum atomic E-state index is 13.3. The van der Waals surface area contributed by atoms with Crippen LogP contribution in [0.5, 0.6) is 0 Å². The number of anilines is 1. The van der Waals surface area contributed by atoms with Crippen molar-refractivity contribution in [2.45, 2.75) is 51.6 Å². The molecule has 2 aliphatic heterocycles. The summed E-state index contributed by atoms with van der Waals surface area (Å²) in [7, 11) is 2.19. The van der Waals surface area contributed by atoms with Crippen LogP contribution in [0.25, 0.3) is 0 Å². The molecule has 2 saturated heterocycles. The van der Waals surface area contributed by atoms with Crippen LogP contribution in [-0.2, 0) is 4.79 Å². The number of nitrogens with zero attached hydrogens (tertiary/aromatic N) is 3. The number of carbonyl (C=O) groups is 1. The van der Waals surface area contributed by atoms with E-state index >= 15 is 0 Å². The zero-order valence-electron chi connectivity index (χ0n) is 16.0. The summed E-state index contributed by atoms with van der Waals surface area (Å²) in [5.41, 5.74) is 1.05. The Morgan fingerprint density at radius 3 is 2.48 bits per heavy atom. The van der Waals surface area contributed by atoms with E-state index in [1.807, 2.05) is 18.2 Å². The number of amides is 1. The molecule has 3 rings (SSSR count). The Hall–Kier alpha value is -1.39. The molecule has 0 saturated carbocycles. The van der Waals surface area contributed by atoms with Crippen molar-refractivity contribution in [3.8, 4) is 0 Å². The molecule has 4 nitrogen and oxygen atoms in total. The lowest BCUT2D eigenvalue weighted by molar-refractivity contribution is -0.121. The van der Waals surface area contributed by atoms with Crippen molar-refractivity contribution >= 4 is 11.6 Å². The fourth-order valence-electron chi connectivity index (χ4n) is 4.37. The molecule has 138 valence electrons. The minimum atomic E-state index is 0.265. The van der Waals surface area contributed by atoms with Gasteiger partial charge in [-0.25, -0.2) is 0 Å². The van der Waals surface area contributed by atoms with Gasteiger partial charge in [-0.2, -0.15) is 0 Å². The van der Waals surface area contributed by atoms with Crippen molar-refractivity contribution < 1.29 is 4.79 Å². The third-order valence-electron chi connectivity index (χ3n) is 6.01. The minimum Gasteiger partial charge on any atom is -0.308 e. The summed E-state index contributed by atoms with van der Waals surface area (Å²) in [5.74, 6) is 0.744. The van der Waals surface area contributed by atoms with Gasteiger partial charge in [-0.3, -0.25) is 9.69 Å². The predicted molar refractivity (Wildman–Crippen MR) is 104 cm³/mol. The minimum absolute atomic E-state index is 0.265. The van der Waals surface area contributed by atoms with Crippen molar-refractivity contribution in [1.29, 1.82) is 0 Å². The first-order valence-corrected chi connectivity index (χ1v) is 9.86. The summed E-state index contributed by atoms with van der Waals surface area (Å²) in [6, 6.07) is 11.1. The van der Waals surface area contributed by atoms with E-state index in [1.165, 1.54) is 19.3 Å². The van der Waals surface area contributed by atoms with Gasteiger partial charge in [-0.05, 0) is 64.4 Å². The van der Waals surface area contributed by atoms with E-state index in [2.05, 4.69) is 47.7 Å². The van der Waals surface area contributed by atoms with Crippen LogP contribution in [0.15, 0.2) is 30.3 Å². The highest BCUT2D eigenvalue weighted by molar-refractivity contribution is 5.95. The highest BCUT2D eigenvalue weighted by Crippen LogP contribution is 2.30. The number of likely N-dealkylation sites (tertiary alicyclic amines) is 2. The Bertz CT molecular complexity index is 556. The van der Waals surface area contributed by atoms with Crippen LogP contribution in [0, 0.1) is 5.92 Å². The smallest absolute Gasteiger partial charge is 0.241 e. The monoisotopic (exact) mass is 343 g/mol. The van der Waals surface area contributed by atoms with Gasteiger partial charge in [0, 0.05) is 24.3 Å². The van der Waals surface area contributed by atoms with Crippen molar-refractivity contribution in [3.05, 3.63) is 30.3 Å². The van der Waals surface area contributed by atoms with Gasteiger partial charge in [0.05, 0.1) is 6.54 Å². The van der Waals surface area contributed by atoms with E-state index in [-0.39, 0.29) is 11.9 Å². The van der Waals surface area contributed by atoms with E-state index in [4.69, 9.17) is 0 Å². The first-order valence-electron chi connectivity index (χ1n) is 9.86. The summed E-state index contributed by atoms with van der Waals surface area (Å²) >= 11 is 0. The Morgan fingerprint density at radius 2 is 1.80 bits per heavy atom. The topological polar surface area (TPSA) is 26.8 Å². The Balaban J connectivity index is 1.81. The molecular weight excluding hydrogens is 310 g/mol.